The first-order chi connectivity index (χ1) is 11.0. The predicted molar refractivity (Wildman–Crippen MR) is 96.0 cm³/mol. The third-order valence-electron chi connectivity index (χ3n) is 3.92. The molecule has 0 fully saturated rings. The van der Waals surface area contributed by atoms with Gasteiger partial charge >= 0.3 is 0 Å². The van der Waals surface area contributed by atoms with Gasteiger partial charge in [-0.3, -0.25) is 14.3 Å². The first-order valence-electron chi connectivity index (χ1n) is 7.47. The van der Waals surface area contributed by atoms with Crippen molar-refractivity contribution in [2.45, 2.75) is 26.4 Å². The maximum absolute atomic E-state index is 12.4. The number of carbonyl (C=O) groups is 2. The Morgan fingerprint density at radius 3 is 2.83 bits per heavy atom. The molecule has 0 saturated heterocycles. The summed E-state index contributed by atoms with van der Waals surface area (Å²) in [4.78, 5) is 27.5. The summed E-state index contributed by atoms with van der Waals surface area (Å²) in [6.07, 6.45) is 2.51. The Bertz CT molecular complexity index is 770. The van der Waals surface area contributed by atoms with E-state index in [4.69, 9.17) is 5.73 Å². The average molecular weight is 370 g/mol. The predicted octanol–water partition coefficient (Wildman–Crippen LogP) is 1.73. The van der Waals surface area contributed by atoms with E-state index in [1.807, 2.05) is 14.0 Å². The topological polar surface area (TPSA) is 93.2 Å². The summed E-state index contributed by atoms with van der Waals surface area (Å²) in [5.74, 6) is -0.826. The highest BCUT2D eigenvalue weighted by molar-refractivity contribution is 7.17. The van der Waals surface area contributed by atoms with E-state index in [0.717, 1.165) is 30.0 Å². The summed E-state index contributed by atoms with van der Waals surface area (Å²) in [6, 6.07) is 1.66. The number of halogens is 1. The SMILES string of the molecule is CCn1ccc(C(=O)Nc2sc3c(c2C(N)=O)CCN(C)C3)n1.Cl. The monoisotopic (exact) mass is 369 g/mol. The molecule has 2 amide bonds. The lowest BCUT2D eigenvalue weighted by molar-refractivity contribution is 0.1000. The maximum atomic E-state index is 12.4. The molecule has 2 aromatic rings. The van der Waals surface area contributed by atoms with Crippen LogP contribution in [0.4, 0.5) is 5.00 Å². The third-order valence-corrected chi connectivity index (χ3v) is 5.05. The molecule has 0 saturated carbocycles. The van der Waals surface area contributed by atoms with Crippen LogP contribution >= 0.6 is 23.7 Å². The molecule has 1 aliphatic rings. The minimum atomic E-state index is -0.499. The van der Waals surface area contributed by atoms with Crippen molar-refractivity contribution >= 4 is 40.6 Å². The maximum Gasteiger partial charge on any atom is 0.276 e. The van der Waals surface area contributed by atoms with Gasteiger partial charge in [0.2, 0.25) is 0 Å². The van der Waals surface area contributed by atoms with Gasteiger partial charge in [0.15, 0.2) is 5.69 Å². The minimum Gasteiger partial charge on any atom is -0.365 e. The van der Waals surface area contributed by atoms with Crippen LogP contribution < -0.4 is 11.1 Å². The molecule has 0 radical (unpaired) electrons. The van der Waals surface area contributed by atoms with Crippen LogP contribution in [0.15, 0.2) is 12.3 Å². The normalized spacial score (nSPS) is 13.9. The molecule has 1 aliphatic heterocycles. The fourth-order valence-corrected chi connectivity index (χ4v) is 4.03. The standard InChI is InChI=1S/C15H19N5O2S.ClH/c1-3-20-7-5-10(18-20)14(22)17-15-12(13(16)21)9-4-6-19(2)8-11(9)23-15;/h5,7H,3-4,6,8H2,1-2H3,(H2,16,21)(H,17,22);1H. The quantitative estimate of drug-likeness (QED) is 0.858. The third kappa shape index (κ3) is 3.45. The molecule has 3 heterocycles. The fourth-order valence-electron chi connectivity index (χ4n) is 2.71. The second kappa shape index (κ2) is 7.33. The minimum absolute atomic E-state index is 0. The zero-order valence-electron chi connectivity index (χ0n) is 13.5. The van der Waals surface area contributed by atoms with Crippen molar-refractivity contribution in [3.63, 3.8) is 0 Å². The van der Waals surface area contributed by atoms with E-state index in [0.29, 0.717) is 22.8 Å². The van der Waals surface area contributed by atoms with Gasteiger partial charge in [0.25, 0.3) is 11.8 Å². The van der Waals surface area contributed by atoms with Crippen LogP contribution in [0.3, 0.4) is 0 Å². The number of fused-ring (bicyclic) bond motifs is 1. The number of thiophene rings is 1. The number of amides is 2. The molecule has 0 bridgehead atoms. The molecule has 0 aromatic carbocycles. The number of rotatable bonds is 4. The molecule has 0 atom stereocenters. The number of hydrogen-bond acceptors (Lipinski definition) is 5. The number of aromatic nitrogens is 2. The number of likely N-dealkylation sites (N-methyl/N-ethyl adjacent to an activating group) is 1. The van der Waals surface area contributed by atoms with Crippen LogP contribution in [0.1, 0.15) is 38.2 Å². The number of hydrogen-bond donors (Lipinski definition) is 2. The lowest BCUT2D eigenvalue weighted by Crippen LogP contribution is -2.27. The van der Waals surface area contributed by atoms with E-state index in [1.54, 1.807) is 16.9 Å². The van der Waals surface area contributed by atoms with Crippen LogP contribution in [-0.4, -0.2) is 40.1 Å². The lowest BCUT2D eigenvalue weighted by Gasteiger charge is -2.22. The molecule has 9 heteroatoms. The van der Waals surface area contributed by atoms with E-state index in [9.17, 15) is 9.59 Å². The van der Waals surface area contributed by atoms with Crippen molar-refractivity contribution in [2.24, 2.45) is 5.73 Å². The Balaban J connectivity index is 0.00000208. The van der Waals surface area contributed by atoms with E-state index in [2.05, 4.69) is 15.3 Å². The number of anilines is 1. The highest BCUT2D eigenvalue weighted by atomic mass is 35.5. The number of nitrogens with one attached hydrogen (secondary N) is 1. The Morgan fingerprint density at radius 2 is 2.21 bits per heavy atom. The number of nitrogens with two attached hydrogens (primary N) is 1. The van der Waals surface area contributed by atoms with Crippen molar-refractivity contribution in [3.8, 4) is 0 Å². The first kappa shape index (κ1) is 18.4. The highest BCUT2D eigenvalue weighted by Gasteiger charge is 2.27. The van der Waals surface area contributed by atoms with Crippen LogP contribution in [0, 0.1) is 0 Å². The van der Waals surface area contributed by atoms with E-state index < -0.39 is 5.91 Å². The second-order valence-corrected chi connectivity index (χ2v) is 6.68. The molecule has 3 N–H and O–H groups in total. The second-order valence-electron chi connectivity index (χ2n) is 5.57. The van der Waals surface area contributed by atoms with Gasteiger partial charge in [-0.2, -0.15) is 5.10 Å². The number of carbonyl (C=O) groups excluding carboxylic acids is 2. The average Bonchev–Trinajstić information content (AvgIpc) is 3.10. The summed E-state index contributed by atoms with van der Waals surface area (Å²) >= 11 is 1.42. The number of aryl methyl sites for hydroxylation is 1. The molecule has 7 nitrogen and oxygen atoms in total. The van der Waals surface area contributed by atoms with E-state index in [1.165, 1.54) is 11.3 Å². The first-order valence-corrected chi connectivity index (χ1v) is 8.29. The van der Waals surface area contributed by atoms with Crippen molar-refractivity contribution in [1.29, 1.82) is 0 Å². The summed E-state index contributed by atoms with van der Waals surface area (Å²) < 4.78 is 1.68. The van der Waals surface area contributed by atoms with Gasteiger partial charge < -0.3 is 16.0 Å². The van der Waals surface area contributed by atoms with Crippen LogP contribution in [0.2, 0.25) is 0 Å². The molecule has 24 heavy (non-hydrogen) atoms. The number of nitrogens with zero attached hydrogens (tertiary/aromatic N) is 3. The van der Waals surface area contributed by atoms with Crippen LogP contribution in [0.5, 0.6) is 0 Å². The zero-order chi connectivity index (χ0) is 16.6. The molecule has 130 valence electrons. The van der Waals surface area contributed by atoms with E-state index >= 15 is 0 Å². The van der Waals surface area contributed by atoms with Gasteiger partial charge in [0.1, 0.15) is 5.00 Å². The molecule has 0 aliphatic carbocycles. The summed E-state index contributed by atoms with van der Waals surface area (Å²) in [6.45, 7) is 4.28. The van der Waals surface area contributed by atoms with Gasteiger partial charge in [0, 0.05) is 30.7 Å². The van der Waals surface area contributed by atoms with Crippen LogP contribution in [-0.2, 0) is 19.5 Å². The smallest absolute Gasteiger partial charge is 0.276 e. The summed E-state index contributed by atoms with van der Waals surface area (Å²) in [5.41, 5.74) is 7.28. The van der Waals surface area contributed by atoms with Gasteiger partial charge in [-0.25, -0.2) is 0 Å². The fraction of sp³-hybridized carbons (Fsp3) is 0.400. The largest absolute Gasteiger partial charge is 0.365 e. The number of primary amides is 1. The summed E-state index contributed by atoms with van der Waals surface area (Å²) in [5, 5.41) is 7.50. The van der Waals surface area contributed by atoms with Crippen molar-refractivity contribution < 1.29 is 9.59 Å². The van der Waals surface area contributed by atoms with Gasteiger partial charge in [0.05, 0.1) is 5.56 Å². The zero-order valence-corrected chi connectivity index (χ0v) is 15.2. The van der Waals surface area contributed by atoms with Gasteiger partial charge in [-0.05, 0) is 32.0 Å². The Morgan fingerprint density at radius 1 is 1.46 bits per heavy atom. The van der Waals surface area contributed by atoms with Gasteiger partial charge in [-0.15, -0.1) is 23.7 Å². The molecule has 0 spiro atoms. The van der Waals surface area contributed by atoms with Crippen molar-refractivity contribution in [3.05, 3.63) is 34.0 Å². The molecule has 2 aromatic heterocycles. The molecular weight excluding hydrogens is 350 g/mol. The Labute approximate surface area is 150 Å². The van der Waals surface area contributed by atoms with Crippen molar-refractivity contribution in [1.82, 2.24) is 14.7 Å². The van der Waals surface area contributed by atoms with Gasteiger partial charge in [-0.1, -0.05) is 0 Å². The Kier molecular flexibility index (Phi) is 5.63. The van der Waals surface area contributed by atoms with Crippen LogP contribution in [0.25, 0.3) is 0 Å². The summed E-state index contributed by atoms with van der Waals surface area (Å²) in [7, 11) is 2.03. The Hall–Kier alpha value is -1.90. The van der Waals surface area contributed by atoms with E-state index in [-0.39, 0.29) is 18.3 Å². The lowest BCUT2D eigenvalue weighted by atomic mass is 10.0. The van der Waals surface area contributed by atoms with Crippen molar-refractivity contribution in [2.75, 3.05) is 18.9 Å². The molecule has 0 unspecified atom stereocenters. The highest BCUT2D eigenvalue weighted by Crippen LogP contribution is 2.36. The molecule has 3 rings (SSSR count). The molecular formula is C15H20ClN5O2S.